The molecule has 23 heavy (non-hydrogen) atoms. The minimum absolute atomic E-state index is 0.417. The van der Waals surface area contributed by atoms with Crippen molar-refractivity contribution in [1.29, 1.82) is 0 Å². The molecule has 0 aromatic heterocycles. The average Bonchev–Trinajstić information content (AvgIpc) is 2.56. The first-order valence-electron chi connectivity index (χ1n) is 7.30. The van der Waals surface area contributed by atoms with Crippen LogP contribution < -0.4 is 0 Å². The summed E-state index contributed by atoms with van der Waals surface area (Å²) in [5.41, 5.74) is 0.417. The molecule has 130 valence electrons. The highest BCUT2D eigenvalue weighted by molar-refractivity contribution is 7.96. The van der Waals surface area contributed by atoms with E-state index >= 15 is 0 Å². The summed E-state index contributed by atoms with van der Waals surface area (Å²) in [4.78, 5) is 33.1. The molecule has 1 aromatic rings. The van der Waals surface area contributed by atoms with Gasteiger partial charge < -0.3 is 14.9 Å². The Balaban J connectivity index is 0. The van der Waals surface area contributed by atoms with Crippen LogP contribution in [-0.4, -0.2) is 33.4 Å². The molecule has 0 aliphatic rings. The fourth-order valence-electron chi connectivity index (χ4n) is 1.31. The molecule has 1 rings (SSSR count). The Hall–Kier alpha value is -1.86. The van der Waals surface area contributed by atoms with E-state index in [9.17, 15) is 14.4 Å². The third kappa shape index (κ3) is 9.70. The normalized spacial score (nSPS) is 11.6. The molecule has 0 amide bonds. The lowest BCUT2D eigenvalue weighted by Gasteiger charge is -2.15. The van der Waals surface area contributed by atoms with Gasteiger partial charge in [0.1, 0.15) is 0 Å². The van der Waals surface area contributed by atoms with Crippen molar-refractivity contribution in [2.24, 2.45) is 0 Å². The van der Waals surface area contributed by atoms with Gasteiger partial charge in [-0.2, -0.15) is 0 Å². The molecule has 0 bridgehead atoms. The van der Waals surface area contributed by atoms with E-state index in [1.165, 1.54) is 0 Å². The SMILES string of the molecule is CC.CC.O=C(CC(O)C(=O)O)OC(C(=O)S)c1ccccc1. The number of carboxylic acids is 1. The van der Waals surface area contributed by atoms with Crippen LogP contribution in [0.4, 0.5) is 0 Å². The Morgan fingerprint density at radius 1 is 1.09 bits per heavy atom. The van der Waals surface area contributed by atoms with E-state index in [1.54, 1.807) is 30.3 Å². The van der Waals surface area contributed by atoms with Crippen molar-refractivity contribution in [3.63, 3.8) is 0 Å². The van der Waals surface area contributed by atoms with Crippen LogP contribution in [0.2, 0.25) is 0 Å². The first-order valence-corrected chi connectivity index (χ1v) is 7.74. The van der Waals surface area contributed by atoms with Gasteiger partial charge in [-0.25, -0.2) is 4.79 Å². The Morgan fingerprint density at radius 2 is 1.57 bits per heavy atom. The van der Waals surface area contributed by atoms with Crippen molar-refractivity contribution in [3.8, 4) is 0 Å². The minimum atomic E-state index is -1.86. The van der Waals surface area contributed by atoms with E-state index in [2.05, 4.69) is 12.6 Å². The van der Waals surface area contributed by atoms with Gasteiger partial charge in [0.05, 0.1) is 6.42 Å². The number of aliphatic carboxylic acids is 1. The van der Waals surface area contributed by atoms with Gasteiger partial charge >= 0.3 is 11.9 Å². The Morgan fingerprint density at radius 3 is 1.96 bits per heavy atom. The van der Waals surface area contributed by atoms with E-state index in [4.69, 9.17) is 14.9 Å². The number of rotatable bonds is 6. The molecule has 2 unspecified atom stereocenters. The van der Waals surface area contributed by atoms with Crippen LogP contribution in [0.15, 0.2) is 30.3 Å². The molecule has 0 heterocycles. The third-order valence-corrected chi connectivity index (χ3v) is 2.46. The zero-order valence-corrected chi connectivity index (χ0v) is 14.6. The van der Waals surface area contributed by atoms with Gasteiger partial charge in [-0.3, -0.25) is 9.59 Å². The summed E-state index contributed by atoms with van der Waals surface area (Å²) in [6.07, 6.45) is -3.82. The number of esters is 1. The number of hydrogen-bond acceptors (Lipinski definition) is 5. The van der Waals surface area contributed by atoms with Crippen molar-refractivity contribution in [1.82, 2.24) is 0 Å². The zero-order valence-electron chi connectivity index (χ0n) is 13.7. The number of carbonyl (C=O) groups excluding carboxylic acids is 2. The number of benzene rings is 1. The summed E-state index contributed by atoms with van der Waals surface area (Å²) in [6, 6.07) is 8.16. The third-order valence-electron chi connectivity index (χ3n) is 2.22. The molecule has 7 heteroatoms. The second kappa shape index (κ2) is 13.8. The van der Waals surface area contributed by atoms with Crippen LogP contribution in [0.5, 0.6) is 0 Å². The van der Waals surface area contributed by atoms with Crippen LogP contribution in [0.1, 0.15) is 45.8 Å². The summed E-state index contributed by atoms with van der Waals surface area (Å²) in [5, 5.41) is 16.8. The van der Waals surface area contributed by atoms with Crippen molar-refractivity contribution >= 4 is 29.7 Å². The molecule has 0 fully saturated rings. The van der Waals surface area contributed by atoms with Crippen molar-refractivity contribution < 1.29 is 29.3 Å². The lowest BCUT2D eigenvalue weighted by atomic mass is 10.1. The van der Waals surface area contributed by atoms with E-state index in [-0.39, 0.29) is 0 Å². The van der Waals surface area contributed by atoms with Gasteiger partial charge in [0.2, 0.25) is 5.12 Å². The number of thiol groups is 1. The Labute approximate surface area is 141 Å². The predicted octanol–water partition coefficient (Wildman–Crippen LogP) is 2.62. The van der Waals surface area contributed by atoms with Crippen LogP contribution in [0.3, 0.4) is 0 Å². The highest BCUT2D eigenvalue weighted by Gasteiger charge is 2.25. The van der Waals surface area contributed by atoms with Gasteiger partial charge in [0, 0.05) is 5.56 Å². The molecule has 0 radical (unpaired) electrons. The molecular formula is C16H24O6S. The summed E-state index contributed by atoms with van der Waals surface area (Å²) in [5.74, 6) is -2.53. The van der Waals surface area contributed by atoms with Crippen LogP contribution in [0.25, 0.3) is 0 Å². The second-order valence-electron chi connectivity index (χ2n) is 3.68. The van der Waals surface area contributed by atoms with Gasteiger partial charge in [-0.1, -0.05) is 58.0 Å². The highest BCUT2D eigenvalue weighted by atomic mass is 32.1. The van der Waals surface area contributed by atoms with Crippen LogP contribution in [-0.2, 0) is 19.1 Å². The van der Waals surface area contributed by atoms with Crippen LogP contribution in [0, 0.1) is 0 Å². The number of aliphatic hydroxyl groups excluding tert-OH is 1. The first-order chi connectivity index (χ1) is 10.9. The van der Waals surface area contributed by atoms with E-state index < -0.39 is 35.7 Å². The van der Waals surface area contributed by atoms with E-state index in [0.717, 1.165) is 0 Å². The lowest BCUT2D eigenvalue weighted by Crippen LogP contribution is -2.26. The molecule has 0 saturated carbocycles. The standard InChI is InChI=1S/C12H12O6S.2C2H6/c13-8(11(15)16)6-9(14)18-10(12(17)19)7-4-2-1-3-5-7;2*1-2/h1-5,8,10,13H,6H2,(H,15,16)(H,17,19);2*1-2H3. The van der Waals surface area contributed by atoms with Gasteiger partial charge in [0.25, 0.3) is 0 Å². The summed E-state index contributed by atoms with van der Waals surface area (Å²) < 4.78 is 4.83. The molecule has 0 saturated heterocycles. The average molecular weight is 344 g/mol. The zero-order chi connectivity index (χ0) is 18.4. The van der Waals surface area contributed by atoms with E-state index in [1.807, 2.05) is 27.7 Å². The van der Waals surface area contributed by atoms with E-state index in [0.29, 0.717) is 5.56 Å². The van der Waals surface area contributed by atoms with Crippen molar-refractivity contribution in [3.05, 3.63) is 35.9 Å². The molecule has 2 N–H and O–H groups in total. The molecule has 0 aliphatic heterocycles. The Kier molecular flexibility index (Phi) is 14.0. The quantitative estimate of drug-likeness (QED) is 0.542. The molecular weight excluding hydrogens is 320 g/mol. The van der Waals surface area contributed by atoms with Crippen molar-refractivity contribution in [2.75, 3.05) is 0 Å². The number of hydrogen-bond donors (Lipinski definition) is 3. The van der Waals surface area contributed by atoms with Crippen LogP contribution >= 0.6 is 12.6 Å². The lowest BCUT2D eigenvalue weighted by molar-refractivity contribution is -0.160. The van der Waals surface area contributed by atoms with Gasteiger partial charge in [0.15, 0.2) is 12.2 Å². The first kappa shape index (κ1) is 23.4. The maximum absolute atomic E-state index is 11.4. The molecule has 0 aliphatic carbocycles. The topological polar surface area (TPSA) is 101 Å². The fourth-order valence-corrected chi connectivity index (χ4v) is 1.52. The summed E-state index contributed by atoms with van der Waals surface area (Å²) in [6.45, 7) is 8.00. The maximum atomic E-state index is 11.4. The number of aliphatic hydroxyl groups is 1. The van der Waals surface area contributed by atoms with Crippen molar-refractivity contribution in [2.45, 2.75) is 46.3 Å². The number of carboxylic acid groups (broad SMARTS) is 1. The second-order valence-corrected chi connectivity index (χ2v) is 4.12. The largest absolute Gasteiger partial charge is 0.479 e. The molecule has 6 nitrogen and oxygen atoms in total. The smallest absolute Gasteiger partial charge is 0.333 e. The molecule has 1 aromatic carbocycles. The van der Waals surface area contributed by atoms with Gasteiger partial charge in [-0.15, -0.1) is 12.6 Å². The highest BCUT2D eigenvalue weighted by Crippen LogP contribution is 2.20. The number of carbonyl (C=O) groups is 3. The predicted molar refractivity (Wildman–Crippen MR) is 90.2 cm³/mol. The minimum Gasteiger partial charge on any atom is -0.479 e. The summed E-state index contributed by atoms with van der Waals surface area (Å²) in [7, 11) is 0. The van der Waals surface area contributed by atoms with Gasteiger partial charge in [-0.05, 0) is 0 Å². The molecule has 2 atom stereocenters. The summed E-state index contributed by atoms with van der Waals surface area (Å²) >= 11 is 3.62. The maximum Gasteiger partial charge on any atom is 0.333 e. The Bertz CT molecular complexity index is 475. The number of ether oxygens (including phenoxy) is 1. The monoisotopic (exact) mass is 344 g/mol. The molecule has 0 spiro atoms. The fraction of sp³-hybridized carbons (Fsp3) is 0.438.